The van der Waals surface area contributed by atoms with Gasteiger partial charge in [-0.15, -0.1) is 0 Å². The minimum Gasteiger partial charge on any atom is -0.355 e. The van der Waals surface area contributed by atoms with Crippen LogP contribution in [0, 0.1) is 0 Å². The molecule has 1 aromatic carbocycles. The van der Waals surface area contributed by atoms with Gasteiger partial charge in [-0.25, -0.2) is 0 Å². The molecule has 0 saturated heterocycles. The molecule has 1 aliphatic heterocycles. The molecular weight excluding hydrogens is 188 g/mol. The van der Waals surface area contributed by atoms with Gasteiger partial charge in [0, 0.05) is 13.6 Å². The molecule has 1 unspecified atom stereocenters. The number of hydrogen-bond acceptors (Lipinski definition) is 4. The molecule has 4 heteroatoms. The van der Waals surface area contributed by atoms with Crippen LogP contribution in [0.4, 0.5) is 11.4 Å². The molecule has 0 spiro atoms. The number of anilines is 2. The van der Waals surface area contributed by atoms with Gasteiger partial charge in [0.1, 0.15) is 0 Å². The van der Waals surface area contributed by atoms with Crippen molar-refractivity contribution < 1.29 is 0 Å². The van der Waals surface area contributed by atoms with E-state index in [4.69, 9.17) is 11.5 Å². The van der Waals surface area contributed by atoms with E-state index in [1.54, 1.807) is 0 Å². The van der Waals surface area contributed by atoms with Crippen LogP contribution in [0.1, 0.15) is 6.92 Å². The molecule has 0 saturated carbocycles. The summed E-state index contributed by atoms with van der Waals surface area (Å²) < 4.78 is 0. The Morgan fingerprint density at radius 3 is 2.53 bits per heavy atom. The number of hydrogen-bond donors (Lipinski definition) is 2. The van der Waals surface area contributed by atoms with Gasteiger partial charge >= 0.3 is 0 Å². The second kappa shape index (κ2) is 3.40. The van der Waals surface area contributed by atoms with Crippen molar-refractivity contribution in [2.75, 3.05) is 30.1 Å². The minimum absolute atomic E-state index is 0.440. The van der Waals surface area contributed by atoms with Gasteiger partial charge in [-0.05, 0) is 19.1 Å². The Balaban J connectivity index is 2.41. The van der Waals surface area contributed by atoms with Crippen molar-refractivity contribution >= 4 is 11.4 Å². The van der Waals surface area contributed by atoms with Gasteiger partial charge in [-0.3, -0.25) is 0 Å². The number of nitrogens with two attached hydrogens (primary N) is 2. The number of rotatable bonds is 2. The topological polar surface area (TPSA) is 58.5 Å². The summed E-state index contributed by atoms with van der Waals surface area (Å²) in [4.78, 5) is 4.32. The van der Waals surface area contributed by atoms with Crippen molar-refractivity contribution in [2.45, 2.75) is 12.6 Å². The molecule has 0 radical (unpaired) electrons. The molecule has 0 aromatic heterocycles. The van der Waals surface area contributed by atoms with E-state index in [-0.39, 0.29) is 0 Å². The SMILES string of the molecule is CN1CN(C(C)(N)CN)c2ccccc21. The Bertz CT molecular complexity index is 361. The number of benzene rings is 1. The average molecular weight is 206 g/mol. The maximum atomic E-state index is 6.17. The van der Waals surface area contributed by atoms with Crippen LogP contribution in [0.3, 0.4) is 0 Å². The van der Waals surface area contributed by atoms with E-state index in [1.165, 1.54) is 5.69 Å². The van der Waals surface area contributed by atoms with E-state index >= 15 is 0 Å². The third kappa shape index (κ3) is 1.56. The second-order valence-electron chi connectivity index (χ2n) is 4.32. The minimum atomic E-state index is -0.485. The Hall–Kier alpha value is -1.26. The maximum absolute atomic E-state index is 6.17. The summed E-state index contributed by atoms with van der Waals surface area (Å²) in [5.74, 6) is 0. The lowest BCUT2D eigenvalue weighted by Crippen LogP contribution is -2.59. The molecule has 82 valence electrons. The van der Waals surface area contributed by atoms with Gasteiger partial charge in [-0.1, -0.05) is 12.1 Å². The average Bonchev–Trinajstić information content (AvgIpc) is 2.58. The highest BCUT2D eigenvalue weighted by Gasteiger charge is 2.33. The van der Waals surface area contributed by atoms with E-state index in [9.17, 15) is 0 Å². The summed E-state index contributed by atoms with van der Waals surface area (Å²) >= 11 is 0. The lowest BCUT2D eigenvalue weighted by molar-refractivity contribution is 0.455. The normalized spacial score (nSPS) is 18.9. The van der Waals surface area contributed by atoms with Gasteiger partial charge in [0.25, 0.3) is 0 Å². The second-order valence-corrected chi connectivity index (χ2v) is 4.32. The Labute approximate surface area is 90.4 Å². The molecule has 4 N–H and O–H groups in total. The third-order valence-electron chi connectivity index (χ3n) is 2.97. The first-order valence-electron chi connectivity index (χ1n) is 5.13. The van der Waals surface area contributed by atoms with Crippen LogP contribution in [0.2, 0.25) is 0 Å². The Morgan fingerprint density at radius 1 is 1.33 bits per heavy atom. The quantitative estimate of drug-likeness (QED) is 0.741. The zero-order valence-corrected chi connectivity index (χ0v) is 9.27. The van der Waals surface area contributed by atoms with Gasteiger partial charge in [-0.2, -0.15) is 0 Å². The molecular formula is C11H18N4. The van der Waals surface area contributed by atoms with Crippen LogP contribution >= 0.6 is 0 Å². The summed E-state index contributed by atoms with van der Waals surface area (Å²) in [7, 11) is 2.06. The van der Waals surface area contributed by atoms with Gasteiger partial charge in [0.2, 0.25) is 0 Å². The maximum Gasteiger partial charge on any atom is 0.0996 e. The molecule has 0 amide bonds. The van der Waals surface area contributed by atoms with E-state index in [1.807, 2.05) is 19.1 Å². The highest BCUT2D eigenvalue weighted by Crippen LogP contribution is 2.37. The van der Waals surface area contributed by atoms with Crippen LogP contribution in [0.5, 0.6) is 0 Å². The molecule has 1 atom stereocenters. The van der Waals surface area contributed by atoms with E-state index in [0.29, 0.717) is 6.54 Å². The van der Waals surface area contributed by atoms with Crippen molar-refractivity contribution in [2.24, 2.45) is 11.5 Å². The molecule has 0 aliphatic carbocycles. The number of fused-ring (bicyclic) bond motifs is 1. The fraction of sp³-hybridized carbons (Fsp3) is 0.455. The Kier molecular flexibility index (Phi) is 2.32. The van der Waals surface area contributed by atoms with Gasteiger partial charge in [0.05, 0.1) is 23.7 Å². The summed E-state index contributed by atoms with van der Waals surface area (Å²) in [6.07, 6.45) is 0. The highest BCUT2D eigenvalue weighted by molar-refractivity contribution is 5.76. The van der Waals surface area contributed by atoms with Crippen molar-refractivity contribution in [1.82, 2.24) is 0 Å². The van der Waals surface area contributed by atoms with Crippen molar-refractivity contribution in [1.29, 1.82) is 0 Å². The molecule has 1 aromatic rings. The standard InChI is InChI=1S/C11H18N4/c1-11(13,7-12)15-8-14(2)9-5-3-4-6-10(9)15/h3-6H,7-8,12-13H2,1-2H3. The van der Waals surface area contributed by atoms with E-state index < -0.39 is 5.66 Å². The summed E-state index contributed by atoms with van der Waals surface area (Å²) in [5.41, 5.74) is 13.8. The molecule has 15 heavy (non-hydrogen) atoms. The Morgan fingerprint density at radius 2 is 1.93 bits per heavy atom. The van der Waals surface area contributed by atoms with Crippen LogP contribution in [0.25, 0.3) is 0 Å². The monoisotopic (exact) mass is 206 g/mol. The molecule has 0 fully saturated rings. The lowest BCUT2D eigenvalue weighted by Gasteiger charge is -2.36. The van der Waals surface area contributed by atoms with E-state index in [2.05, 4.69) is 29.0 Å². The van der Waals surface area contributed by atoms with Crippen molar-refractivity contribution in [3.63, 3.8) is 0 Å². The predicted molar refractivity (Wildman–Crippen MR) is 63.8 cm³/mol. The largest absolute Gasteiger partial charge is 0.355 e. The fourth-order valence-corrected chi connectivity index (χ4v) is 1.93. The molecule has 2 rings (SSSR count). The van der Waals surface area contributed by atoms with Crippen LogP contribution in [-0.2, 0) is 0 Å². The van der Waals surface area contributed by atoms with Crippen LogP contribution in [-0.4, -0.2) is 25.9 Å². The highest BCUT2D eigenvalue weighted by atomic mass is 15.4. The summed E-state index contributed by atoms with van der Waals surface area (Å²) in [6, 6.07) is 8.24. The lowest BCUT2D eigenvalue weighted by atomic mass is 10.1. The van der Waals surface area contributed by atoms with Crippen LogP contribution in [0.15, 0.2) is 24.3 Å². The molecule has 0 bridgehead atoms. The zero-order chi connectivity index (χ0) is 11.1. The number of para-hydroxylation sites is 2. The fourth-order valence-electron chi connectivity index (χ4n) is 1.93. The predicted octanol–water partition coefficient (Wildman–Crippen LogP) is 0.534. The smallest absolute Gasteiger partial charge is 0.0996 e. The zero-order valence-electron chi connectivity index (χ0n) is 9.27. The summed E-state index contributed by atoms with van der Waals surface area (Å²) in [6.45, 7) is 3.20. The summed E-state index contributed by atoms with van der Waals surface area (Å²) in [5, 5.41) is 0. The first-order chi connectivity index (χ1) is 7.06. The van der Waals surface area contributed by atoms with E-state index in [0.717, 1.165) is 12.4 Å². The first kappa shape index (κ1) is 10.3. The molecule has 1 aliphatic rings. The molecule has 4 nitrogen and oxygen atoms in total. The van der Waals surface area contributed by atoms with Crippen LogP contribution < -0.4 is 21.3 Å². The van der Waals surface area contributed by atoms with Gasteiger partial charge < -0.3 is 21.3 Å². The molecule has 1 heterocycles. The van der Waals surface area contributed by atoms with Gasteiger partial charge in [0.15, 0.2) is 0 Å². The van der Waals surface area contributed by atoms with Crippen molar-refractivity contribution in [3.8, 4) is 0 Å². The number of nitrogens with zero attached hydrogens (tertiary/aromatic N) is 2. The third-order valence-corrected chi connectivity index (χ3v) is 2.97. The first-order valence-corrected chi connectivity index (χ1v) is 5.13. The van der Waals surface area contributed by atoms with Crippen molar-refractivity contribution in [3.05, 3.63) is 24.3 Å².